The molecule has 31 heavy (non-hydrogen) atoms. The monoisotopic (exact) mass is 414 g/mol. The third-order valence-electron chi connectivity index (χ3n) is 5.25. The van der Waals surface area contributed by atoms with Gasteiger partial charge >= 0.3 is 0 Å². The zero-order valence-electron chi connectivity index (χ0n) is 17.5. The number of amides is 1. The van der Waals surface area contributed by atoms with E-state index >= 15 is 0 Å². The third kappa shape index (κ3) is 4.56. The molecule has 0 aliphatic rings. The summed E-state index contributed by atoms with van der Waals surface area (Å²) in [5.74, 6) is -0.775. The highest BCUT2D eigenvalue weighted by Gasteiger charge is 2.15. The SMILES string of the molecule is CCc1cnc2c(C)c(NC(=O)c3ccc(OCc4ccccc4)cc3F)ccc2c1. The number of nitrogens with one attached hydrogen (secondary N) is 1. The maximum atomic E-state index is 14.6. The average molecular weight is 414 g/mol. The van der Waals surface area contributed by atoms with Crippen LogP contribution in [0.4, 0.5) is 10.1 Å². The summed E-state index contributed by atoms with van der Waals surface area (Å²) < 4.78 is 20.2. The predicted octanol–water partition coefficient (Wildman–Crippen LogP) is 6.08. The number of carbonyl (C=O) groups excluding carboxylic acids is 1. The van der Waals surface area contributed by atoms with Crippen LogP contribution in [0.2, 0.25) is 0 Å². The van der Waals surface area contributed by atoms with Gasteiger partial charge < -0.3 is 10.1 Å². The van der Waals surface area contributed by atoms with E-state index in [1.807, 2.05) is 55.6 Å². The first-order valence-electron chi connectivity index (χ1n) is 10.2. The normalized spacial score (nSPS) is 10.8. The second kappa shape index (κ2) is 8.96. The summed E-state index contributed by atoms with van der Waals surface area (Å²) in [4.78, 5) is 17.2. The van der Waals surface area contributed by atoms with Gasteiger partial charge in [0, 0.05) is 23.3 Å². The van der Waals surface area contributed by atoms with E-state index in [4.69, 9.17) is 4.74 Å². The van der Waals surface area contributed by atoms with E-state index in [2.05, 4.69) is 23.3 Å². The highest BCUT2D eigenvalue weighted by molar-refractivity contribution is 6.06. The van der Waals surface area contributed by atoms with Crippen LogP contribution in [0.5, 0.6) is 5.75 Å². The third-order valence-corrected chi connectivity index (χ3v) is 5.25. The summed E-state index contributed by atoms with van der Waals surface area (Å²) in [6.07, 6.45) is 2.75. The Balaban J connectivity index is 1.50. The van der Waals surface area contributed by atoms with Crippen LogP contribution in [0, 0.1) is 12.7 Å². The molecule has 0 fully saturated rings. The molecule has 4 nitrogen and oxygen atoms in total. The van der Waals surface area contributed by atoms with Crippen molar-refractivity contribution in [1.82, 2.24) is 4.98 Å². The minimum Gasteiger partial charge on any atom is -0.489 e. The number of rotatable bonds is 6. The zero-order valence-corrected chi connectivity index (χ0v) is 17.5. The number of aromatic nitrogens is 1. The van der Waals surface area contributed by atoms with Gasteiger partial charge in [-0.1, -0.05) is 43.3 Å². The zero-order chi connectivity index (χ0) is 21.8. The lowest BCUT2D eigenvalue weighted by Crippen LogP contribution is -2.15. The first-order chi connectivity index (χ1) is 15.0. The van der Waals surface area contributed by atoms with E-state index in [0.717, 1.165) is 34.0 Å². The maximum absolute atomic E-state index is 14.6. The summed E-state index contributed by atoms with van der Waals surface area (Å²) in [7, 11) is 0. The first-order valence-corrected chi connectivity index (χ1v) is 10.2. The second-order valence-electron chi connectivity index (χ2n) is 7.38. The van der Waals surface area contributed by atoms with Crippen molar-refractivity contribution in [3.63, 3.8) is 0 Å². The molecule has 1 heterocycles. The van der Waals surface area contributed by atoms with E-state index in [1.165, 1.54) is 12.1 Å². The number of pyridine rings is 1. The summed E-state index contributed by atoms with van der Waals surface area (Å²) in [6.45, 7) is 4.30. The van der Waals surface area contributed by atoms with E-state index in [-0.39, 0.29) is 5.56 Å². The Kier molecular flexibility index (Phi) is 5.94. The van der Waals surface area contributed by atoms with Crippen molar-refractivity contribution in [2.24, 2.45) is 0 Å². The van der Waals surface area contributed by atoms with Crippen molar-refractivity contribution in [1.29, 1.82) is 0 Å². The van der Waals surface area contributed by atoms with Crippen LogP contribution in [0.25, 0.3) is 10.9 Å². The van der Waals surface area contributed by atoms with Crippen molar-refractivity contribution in [3.8, 4) is 5.75 Å². The summed E-state index contributed by atoms with van der Waals surface area (Å²) >= 11 is 0. The quantitative estimate of drug-likeness (QED) is 0.416. The van der Waals surface area contributed by atoms with Crippen LogP contribution in [-0.4, -0.2) is 10.9 Å². The fraction of sp³-hybridized carbons (Fsp3) is 0.154. The van der Waals surface area contributed by atoms with Gasteiger partial charge in [-0.15, -0.1) is 0 Å². The molecule has 1 amide bonds. The Morgan fingerprint density at radius 2 is 1.84 bits per heavy atom. The first kappa shape index (κ1) is 20.5. The highest BCUT2D eigenvalue weighted by atomic mass is 19.1. The molecule has 0 spiro atoms. The van der Waals surface area contributed by atoms with E-state index in [9.17, 15) is 9.18 Å². The minimum absolute atomic E-state index is 0.0409. The predicted molar refractivity (Wildman–Crippen MR) is 121 cm³/mol. The lowest BCUT2D eigenvalue weighted by atomic mass is 10.1. The second-order valence-corrected chi connectivity index (χ2v) is 7.38. The number of anilines is 1. The van der Waals surface area contributed by atoms with Crippen molar-refractivity contribution in [3.05, 3.63) is 101 Å². The van der Waals surface area contributed by atoms with Crippen LogP contribution in [0.3, 0.4) is 0 Å². The Hall–Kier alpha value is -3.73. The minimum atomic E-state index is -0.632. The van der Waals surface area contributed by atoms with Gasteiger partial charge in [0.15, 0.2) is 0 Å². The molecule has 0 bridgehead atoms. The van der Waals surface area contributed by atoms with Crippen LogP contribution in [-0.2, 0) is 13.0 Å². The molecule has 0 atom stereocenters. The smallest absolute Gasteiger partial charge is 0.258 e. The lowest BCUT2D eigenvalue weighted by Gasteiger charge is -2.12. The number of nitrogens with zero attached hydrogens (tertiary/aromatic N) is 1. The fourth-order valence-electron chi connectivity index (χ4n) is 3.42. The fourth-order valence-corrected chi connectivity index (χ4v) is 3.42. The van der Waals surface area contributed by atoms with E-state index < -0.39 is 11.7 Å². The number of carbonyl (C=O) groups is 1. The molecular formula is C26H23FN2O2. The Morgan fingerprint density at radius 1 is 1.03 bits per heavy atom. The van der Waals surface area contributed by atoms with Gasteiger partial charge in [0.05, 0.1) is 11.1 Å². The number of fused-ring (bicyclic) bond motifs is 1. The molecule has 0 unspecified atom stereocenters. The van der Waals surface area contributed by atoms with Crippen LogP contribution in [0.15, 0.2) is 72.9 Å². The topological polar surface area (TPSA) is 51.2 Å². The lowest BCUT2D eigenvalue weighted by molar-refractivity contribution is 0.102. The molecule has 0 radical (unpaired) electrons. The number of hydrogen-bond acceptors (Lipinski definition) is 3. The molecule has 0 aliphatic carbocycles. The molecular weight excluding hydrogens is 391 g/mol. The Labute approximate surface area is 180 Å². The van der Waals surface area contributed by atoms with Gasteiger partial charge in [0.2, 0.25) is 0 Å². The molecule has 5 heteroatoms. The summed E-state index contributed by atoms with van der Waals surface area (Å²) in [5, 5.41) is 3.82. The summed E-state index contributed by atoms with van der Waals surface area (Å²) in [5.41, 5.74) is 4.37. The number of halogens is 1. The molecule has 1 aromatic heterocycles. The molecule has 4 rings (SSSR count). The molecule has 4 aromatic rings. The number of benzene rings is 3. The van der Waals surface area contributed by atoms with Crippen LogP contribution < -0.4 is 10.1 Å². The van der Waals surface area contributed by atoms with Gasteiger partial charge in [-0.05, 0) is 54.3 Å². The van der Waals surface area contributed by atoms with Crippen LogP contribution in [0.1, 0.15) is 34.0 Å². The van der Waals surface area contributed by atoms with Crippen LogP contribution >= 0.6 is 0 Å². The van der Waals surface area contributed by atoms with Crippen molar-refractivity contribution >= 4 is 22.5 Å². The largest absolute Gasteiger partial charge is 0.489 e. The van der Waals surface area contributed by atoms with Crippen molar-refractivity contribution in [2.45, 2.75) is 26.9 Å². The standard InChI is InChI=1S/C26H23FN2O2/c1-3-18-13-20-9-12-24(17(2)25(20)28-15-18)29-26(30)22-11-10-21(14-23(22)27)31-16-19-7-5-4-6-8-19/h4-15H,3,16H2,1-2H3,(H,29,30). The molecule has 156 valence electrons. The molecule has 0 saturated heterocycles. The summed E-state index contributed by atoms with van der Waals surface area (Å²) in [6, 6.07) is 19.7. The maximum Gasteiger partial charge on any atom is 0.258 e. The average Bonchev–Trinajstić information content (AvgIpc) is 2.80. The van der Waals surface area contributed by atoms with E-state index in [1.54, 1.807) is 6.07 Å². The molecule has 0 saturated carbocycles. The molecule has 3 aromatic carbocycles. The number of hydrogen-bond donors (Lipinski definition) is 1. The van der Waals surface area contributed by atoms with E-state index in [0.29, 0.717) is 18.0 Å². The molecule has 1 N–H and O–H groups in total. The number of aryl methyl sites for hydroxylation is 2. The molecule has 0 aliphatic heterocycles. The van der Waals surface area contributed by atoms with Gasteiger partial charge in [0.1, 0.15) is 18.2 Å². The Morgan fingerprint density at radius 3 is 2.58 bits per heavy atom. The van der Waals surface area contributed by atoms with Gasteiger partial charge in [0.25, 0.3) is 5.91 Å². The van der Waals surface area contributed by atoms with Gasteiger partial charge in [-0.2, -0.15) is 0 Å². The number of ether oxygens (including phenoxy) is 1. The van der Waals surface area contributed by atoms with Gasteiger partial charge in [-0.3, -0.25) is 9.78 Å². The van der Waals surface area contributed by atoms with Gasteiger partial charge in [-0.25, -0.2) is 4.39 Å². The van der Waals surface area contributed by atoms with Crippen molar-refractivity contribution in [2.75, 3.05) is 5.32 Å². The highest BCUT2D eigenvalue weighted by Crippen LogP contribution is 2.26. The van der Waals surface area contributed by atoms with Crippen molar-refractivity contribution < 1.29 is 13.9 Å². The Bertz CT molecular complexity index is 1240.